The summed E-state index contributed by atoms with van der Waals surface area (Å²) in [5, 5.41) is 0. The Labute approximate surface area is 162 Å². The molecule has 0 saturated heterocycles. The Morgan fingerprint density at radius 2 is 1.29 bits per heavy atom. The standard InChI is InChI=1S/C24H22F4/c1-3-4-5-6-16-7-9-17(10-8-16)18-11-15(2)23(20(25)12-18)19-13-21(26)24(28)22(27)14-19/h7-14H,3-6H2,1-2H3. The summed E-state index contributed by atoms with van der Waals surface area (Å²) in [6, 6.07) is 12.7. The van der Waals surface area contributed by atoms with Gasteiger partial charge < -0.3 is 0 Å². The molecule has 0 spiro atoms. The fraction of sp³-hybridized carbons (Fsp3) is 0.250. The minimum atomic E-state index is -1.56. The summed E-state index contributed by atoms with van der Waals surface area (Å²) in [4.78, 5) is 0. The van der Waals surface area contributed by atoms with Gasteiger partial charge in [-0.1, -0.05) is 50.1 Å². The molecule has 0 aliphatic rings. The molecule has 146 valence electrons. The third kappa shape index (κ3) is 4.27. The van der Waals surface area contributed by atoms with Crippen LogP contribution in [0.25, 0.3) is 22.3 Å². The van der Waals surface area contributed by atoms with Crippen LogP contribution < -0.4 is 0 Å². The summed E-state index contributed by atoms with van der Waals surface area (Å²) in [5.41, 5.74) is 3.35. The van der Waals surface area contributed by atoms with Gasteiger partial charge in [-0.25, -0.2) is 17.6 Å². The van der Waals surface area contributed by atoms with E-state index in [1.807, 2.05) is 24.3 Å². The first-order valence-corrected chi connectivity index (χ1v) is 9.45. The zero-order valence-corrected chi connectivity index (χ0v) is 16.0. The van der Waals surface area contributed by atoms with Crippen LogP contribution in [-0.4, -0.2) is 0 Å². The average molecular weight is 386 g/mol. The van der Waals surface area contributed by atoms with Crippen LogP contribution in [0, 0.1) is 30.2 Å². The summed E-state index contributed by atoms with van der Waals surface area (Å²) in [6.45, 7) is 3.83. The van der Waals surface area contributed by atoms with E-state index in [9.17, 15) is 17.6 Å². The highest BCUT2D eigenvalue weighted by atomic mass is 19.2. The van der Waals surface area contributed by atoms with E-state index in [4.69, 9.17) is 0 Å². The lowest BCUT2D eigenvalue weighted by Crippen LogP contribution is -1.96. The van der Waals surface area contributed by atoms with Crippen molar-refractivity contribution < 1.29 is 17.6 Å². The van der Waals surface area contributed by atoms with E-state index in [0.29, 0.717) is 11.1 Å². The van der Waals surface area contributed by atoms with Gasteiger partial charge in [0.1, 0.15) is 5.82 Å². The molecule has 3 aromatic carbocycles. The predicted molar refractivity (Wildman–Crippen MR) is 105 cm³/mol. The summed E-state index contributed by atoms with van der Waals surface area (Å²) in [6.07, 6.45) is 4.52. The van der Waals surface area contributed by atoms with E-state index in [1.54, 1.807) is 13.0 Å². The lowest BCUT2D eigenvalue weighted by molar-refractivity contribution is 0.447. The summed E-state index contributed by atoms with van der Waals surface area (Å²) in [7, 11) is 0. The van der Waals surface area contributed by atoms with Crippen LogP contribution in [0.1, 0.15) is 37.3 Å². The maximum absolute atomic E-state index is 14.8. The molecule has 3 aromatic rings. The minimum absolute atomic E-state index is 0.0239. The molecule has 28 heavy (non-hydrogen) atoms. The maximum Gasteiger partial charge on any atom is 0.194 e. The maximum atomic E-state index is 14.8. The zero-order valence-electron chi connectivity index (χ0n) is 16.0. The highest BCUT2D eigenvalue weighted by molar-refractivity contribution is 5.74. The van der Waals surface area contributed by atoms with Crippen LogP contribution in [-0.2, 0) is 6.42 Å². The second-order valence-corrected chi connectivity index (χ2v) is 7.06. The molecule has 0 radical (unpaired) electrons. The monoisotopic (exact) mass is 386 g/mol. The molecule has 0 aromatic heterocycles. The van der Waals surface area contributed by atoms with Crippen molar-refractivity contribution in [2.24, 2.45) is 0 Å². The molecular weight excluding hydrogens is 364 g/mol. The highest BCUT2D eigenvalue weighted by Gasteiger charge is 2.17. The van der Waals surface area contributed by atoms with E-state index >= 15 is 0 Å². The van der Waals surface area contributed by atoms with E-state index in [1.165, 1.54) is 24.5 Å². The smallest absolute Gasteiger partial charge is 0.194 e. The molecule has 3 rings (SSSR count). The third-order valence-corrected chi connectivity index (χ3v) is 4.92. The number of hydrogen-bond donors (Lipinski definition) is 0. The zero-order chi connectivity index (χ0) is 20.3. The Hall–Kier alpha value is -2.62. The molecule has 0 heterocycles. The van der Waals surface area contributed by atoms with Crippen molar-refractivity contribution in [3.63, 3.8) is 0 Å². The van der Waals surface area contributed by atoms with Gasteiger partial charge in [-0.05, 0) is 65.8 Å². The van der Waals surface area contributed by atoms with Crippen molar-refractivity contribution in [1.82, 2.24) is 0 Å². The fourth-order valence-electron chi connectivity index (χ4n) is 3.42. The van der Waals surface area contributed by atoms with Crippen molar-refractivity contribution >= 4 is 0 Å². The van der Waals surface area contributed by atoms with E-state index in [-0.39, 0.29) is 11.1 Å². The second-order valence-electron chi connectivity index (χ2n) is 7.06. The largest absolute Gasteiger partial charge is 0.206 e. The van der Waals surface area contributed by atoms with Crippen LogP contribution >= 0.6 is 0 Å². The van der Waals surface area contributed by atoms with Crippen molar-refractivity contribution in [3.8, 4) is 22.3 Å². The summed E-state index contributed by atoms with van der Waals surface area (Å²) in [5.74, 6) is -4.84. The number of hydrogen-bond acceptors (Lipinski definition) is 0. The van der Waals surface area contributed by atoms with Gasteiger partial charge in [0.2, 0.25) is 0 Å². The van der Waals surface area contributed by atoms with Crippen LogP contribution in [0.2, 0.25) is 0 Å². The lowest BCUT2D eigenvalue weighted by atomic mass is 9.94. The van der Waals surface area contributed by atoms with Crippen molar-refractivity contribution in [3.05, 3.63) is 82.9 Å². The Balaban J connectivity index is 1.92. The molecule has 4 heteroatoms. The first kappa shape index (κ1) is 20.1. The molecule has 0 fully saturated rings. The first-order chi connectivity index (χ1) is 13.4. The molecule has 0 saturated carbocycles. The molecule has 0 N–H and O–H groups in total. The van der Waals surface area contributed by atoms with Crippen molar-refractivity contribution in [2.75, 3.05) is 0 Å². The van der Waals surface area contributed by atoms with Gasteiger partial charge in [0, 0.05) is 5.56 Å². The minimum Gasteiger partial charge on any atom is -0.206 e. The van der Waals surface area contributed by atoms with Gasteiger partial charge in [0.25, 0.3) is 0 Å². The van der Waals surface area contributed by atoms with Gasteiger partial charge in [-0.15, -0.1) is 0 Å². The van der Waals surface area contributed by atoms with Gasteiger partial charge in [-0.3, -0.25) is 0 Å². The van der Waals surface area contributed by atoms with E-state index < -0.39 is 23.3 Å². The highest BCUT2D eigenvalue weighted by Crippen LogP contribution is 2.33. The lowest BCUT2D eigenvalue weighted by Gasteiger charge is -2.12. The SMILES string of the molecule is CCCCCc1ccc(-c2cc(C)c(-c3cc(F)c(F)c(F)c3)c(F)c2)cc1. The normalized spacial score (nSPS) is 11.1. The van der Waals surface area contributed by atoms with E-state index in [0.717, 1.165) is 30.5 Å². The second kappa shape index (κ2) is 8.59. The summed E-state index contributed by atoms with van der Waals surface area (Å²) >= 11 is 0. The van der Waals surface area contributed by atoms with Gasteiger partial charge in [-0.2, -0.15) is 0 Å². The first-order valence-electron chi connectivity index (χ1n) is 9.45. The molecule has 0 bridgehead atoms. The summed E-state index contributed by atoms with van der Waals surface area (Å²) < 4.78 is 55.1. The molecular formula is C24H22F4. The van der Waals surface area contributed by atoms with Crippen molar-refractivity contribution in [1.29, 1.82) is 0 Å². The Morgan fingerprint density at radius 3 is 1.86 bits per heavy atom. The van der Waals surface area contributed by atoms with Crippen LogP contribution in [0.15, 0.2) is 48.5 Å². The molecule has 0 aliphatic heterocycles. The molecule has 0 nitrogen and oxygen atoms in total. The number of halogens is 4. The average Bonchev–Trinajstić information content (AvgIpc) is 2.66. The third-order valence-electron chi connectivity index (χ3n) is 4.92. The molecule has 0 amide bonds. The quantitative estimate of drug-likeness (QED) is 0.232. The number of unbranched alkanes of at least 4 members (excludes halogenated alkanes) is 2. The van der Waals surface area contributed by atoms with Gasteiger partial charge in [0.05, 0.1) is 0 Å². The number of aryl methyl sites for hydroxylation is 2. The Kier molecular flexibility index (Phi) is 6.18. The molecule has 0 unspecified atom stereocenters. The fourth-order valence-corrected chi connectivity index (χ4v) is 3.42. The van der Waals surface area contributed by atoms with Gasteiger partial charge in [0.15, 0.2) is 17.5 Å². The van der Waals surface area contributed by atoms with Gasteiger partial charge >= 0.3 is 0 Å². The topological polar surface area (TPSA) is 0 Å². The number of rotatable bonds is 6. The van der Waals surface area contributed by atoms with Crippen molar-refractivity contribution in [2.45, 2.75) is 39.5 Å². The predicted octanol–water partition coefficient (Wildman–Crippen LogP) is 7.62. The molecule has 0 aliphatic carbocycles. The molecule has 0 atom stereocenters. The van der Waals surface area contributed by atoms with E-state index in [2.05, 4.69) is 6.92 Å². The van der Waals surface area contributed by atoms with Crippen LogP contribution in [0.4, 0.5) is 17.6 Å². The van der Waals surface area contributed by atoms with Crippen LogP contribution in [0.3, 0.4) is 0 Å². The number of benzene rings is 3. The van der Waals surface area contributed by atoms with Crippen LogP contribution in [0.5, 0.6) is 0 Å². The Morgan fingerprint density at radius 1 is 0.679 bits per heavy atom. The Bertz CT molecular complexity index is 928.